The first-order chi connectivity index (χ1) is 5.70. The van der Waals surface area contributed by atoms with Gasteiger partial charge in [-0.1, -0.05) is 19.9 Å². The lowest BCUT2D eigenvalue weighted by Gasteiger charge is -2.02. The van der Waals surface area contributed by atoms with Gasteiger partial charge in [0.2, 0.25) is 0 Å². The number of hydrogen-bond acceptors (Lipinski definition) is 0. The van der Waals surface area contributed by atoms with E-state index in [1.807, 2.05) is 0 Å². The van der Waals surface area contributed by atoms with Crippen LogP contribution in [-0.2, 0) is 6.54 Å². The molecule has 0 bridgehead atoms. The molecule has 12 heavy (non-hydrogen) atoms. The van der Waals surface area contributed by atoms with Crippen molar-refractivity contribution < 1.29 is 4.57 Å². The normalized spacial score (nSPS) is 10.7. The average Bonchev–Trinajstić information content (AvgIpc) is 2.03. The summed E-state index contributed by atoms with van der Waals surface area (Å²) in [5.41, 5.74) is 1.35. The minimum absolute atomic E-state index is 0.789. The molecule has 0 aliphatic rings. The van der Waals surface area contributed by atoms with Crippen molar-refractivity contribution in [3.8, 4) is 0 Å². The molecule has 66 valence electrons. The largest absolute Gasteiger partial charge is 0.203 e. The van der Waals surface area contributed by atoms with E-state index in [1.54, 1.807) is 0 Å². The Hall–Kier alpha value is -0.850. The smallest absolute Gasteiger partial charge is 0.178 e. The molecular formula is C11H18N+. The second-order valence-corrected chi connectivity index (χ2v) is 3.72. The van der Waals surface area contributed by atoms with E-state index in [1.165, 1.54) is 12.1 Å². The molecule has 1 aromatic rings. The standard InChI is InChI=1S/C11H18N/c1-10(2)7-9-12-8-5-4-6-11(12)3/h4-6,8,10H,7,9H2,1-3H3/q+1. The zero-order valence-electron chi connectivity index (χ0n) is 8.25. The quantitative estimate of drug-likeness (QED) is 0.604. The fraction of sp³-hybridized carbons (Fsp3) is 0.545. The lowest BCUT2D eigenvalue weighted by atomic mass is 10.1. The number of aromatic nitrogens is 1. The summed E-state index contributed by atoms with van der Waals surface area (Å²) in [6.45, 7) is 7.82. The monoisotopic (exact) mass is 164 g/mol. The number of aryl methyl sites for hydroxylation is 2. The summed E-state index contributed by atoms with van der Waals surface area (Å²) in [7, 11) is 0. The Morgan fingerprint density at radius 2 is 2.08 bits per heavy atom. The van der Waals surface area contributed by atoms with Crippen molar-refractivity contribution in [2.45, 2.75) is 33.7 Å². The van der Waals surface area contributed by atoms with Gasteiger partial charge in [-0.25, -0.2) is 4.57 Å². The molecule has 0 aliphatic heterocycles. The highest BCUT2D eigenvalue weighted by Gasteiger charge is 2.04. The van der Waals surface area contributed by atoms with Gasteiger partial charge >= 0.3 is 0 Å². The summed E-state index contributed by atoms with van der Waals surface area (Å²) < 4.78 is 2.31. The van der Waals surface area contributed by atoms with Gasteiger partial charge in [0, 0.05) is 25.5 Å². The third-order valence-electron chi connectivity index (χ3n) is 2.11. The summed E-state index contributed by atoms with van der Waals surface area (Å²) >= 11 is 0. The van der Waals surface area contributed by atoms with Crippen LogP contribution in [0.25, 0.3) is 0 Å². The topological polar surface area (TPSA) is 3.88 Å². The maximum atomic E-state index is 2.31. The third-order valence-corrected chi connectivity index (χ3v) is 2.11. The molecule has 1 aromatic heterocycles. The van der Waals surface area contributed by atoms with Crippen LogP contribution < -0.4 is 4.57 Å². The molecule has 1 heteroatoms. The van der Waals surface area contributed by atoms with Gasteiger partial charge in [0.1, 0.15) is 6.54 Å². The molecule has 0 unspecified atom stereocenters. The van der Waals surface area contributed by atoms with Crippen LogP contribution in [-0.4, -0.2) is 0 Å². The second kappa shape index (κ2) is 4.24. The van der Waals surface area contributed by atoms with Gasteiger partial charge in [-0.3, -0.25) is 0 Å². The van der Waals surface area contributed by atoms with E-state index in [9.17, 15) is 0 Å². The predicted molar refractivity (Wildman–Crippen MR) is 50.8 cm³/mol. The van der Waals surface area contributed by atoms with Crippen molar-refractivity contribution >= 4 is 0 Å². The minimum Gasteiger partial charge on any atom is -0.203 e. The van der Waals surface area contributed by atoms with Gasteiger partial charge in [-0.2, -0.15) is 0 Å². The van der Waals surface area contributed by atoms with E-state index >= 15 is 0 Å². The van der Waals surface area contributed by atoms with Gasteiger partial charge < -0.3 is 0 Å². The second-order valence-electron chi connectivity index (χ2n) is 3.72. The van der Waals surface area contributed by atoms with Crippen LogP contribution in [0.15, 0.2) is 24.4 Å². The van der Waals surface area contributed by atoms with E-state index < -0.39 is 0 Å². The lowest BCUT2D eigenvalue weighted by Crippen LogP contribution is -2.36. The highest BCUT2D eigenvalue weighted by Crippen LogP contribution is 1.98. The molecule has 0 amide bonds. The summed E-state index contributed by atoms with van der Waals surface area (Å²) in [5, 5.41) is 0. The minimum atomic E-state index is 0.789. The van der Waals surface area contributed by atoms with E-state index in [-0.39, 0.29) is 0 Å². The highest BCUT2D eigenvalue weighted by atomic mass is 14.9. The molecule has 0 spiro atoms. The molecule has 1 heterocycles. The summed E-state index contributed by atoms with van der Waals surface area (Å²) in [6, 6.07) is 6.33. The molecule has 1 rings (SSSR count). The predicted octanol–water partition coefficient (Wildman–Crippen LogP) is 2.33. The fourth-order valence-electron chi connectivity index (χ4n) is 1.21. The molecule has 0 radical (unpaired) electrons. The first-order valence-corrected chi connectivity index (χ1v) is 4.65. The summed E-state index contributed by atoms with van der Waals surface area (Å²) in [4.78, 5) is 0. The number of pyridine rings is 1. The van der Waals surface area contributed by atoms with Gasteiger partial charge in [-0.15, -0.1) is 0 Å². The van der Waals surface area contributed by atoms with Crippen molar-refractivity contribution in [2.75, 3.05) is 0 Å². The van der Waals surface area contributed by atoms with E-state index in [0.717, 1.165) is 12.5 Å². The first kappa shape index (κ1) is 9.24. The van der Waals surface area contributed by atoms with Crippen LogP contribution in [0.2, 0.25) is 0 Å². The van der Waals surface area contributed by atoms with Crippen molar-refractivity contribution in [1.29, 1.82) is 0 Å². The van der Waals surface area contributed by atoms with Crippen LogP contribution >= 0.6 is 0 Å². The van der Waals surface area contributed by atoms with E-state index in [0.29, 0.717) is 0 Å². The van der Waals surface area contributed by atoms with Gasteiger partial charge in [0.25, 0.3) is 0 Å². The first-order valence-electron chi connectivity index (χ1n) is 4.65. The summed E-state index contributed by atoms with van der Waals surface area (Å²) in [6.07, 6.45) is 3.41. The summed E-state index contributed by atoms with van der Waals surface area (Å²) in [5.74, 6) is 0.789. The number of rotatable bonds is 3. The molecule has 0 saturated heterocycles. The SMILES string of the molecule is Cc1cccc[n+]1CCC(C)C. The van der Waals surface area contributed by atoms with Crippen molar-refractivity contribution in [3.05, 3.63) is 30.1 Å². The Morgan fingerprint density at radius 3 is 2.67 bits per heavy atom. The van der Waals surface area contributed by atoms with E-state index in [4.69, 9.17) is 0 Å². The zero-order valence-corrected chi connectivity index (χ0v) is 8.25. The Kier molecular flexibility index (Phi) is 3.27. The Morgan fingerprint density at radius 1 is 1.33 bits per heavy atom. The molecule has 0 aliphatic carbocycles. The Balaban J connectivity index is 2.57. The van der Waals surface area contributed by atoms with Gasteiger partial charge in [0.05, 0.1) is 0 Å². The number of hydrogen-bond donors (Lipinski definition) is 0. The molecule has 0 atom stereocenters. The third kappa shape index (κ3) is 2.65. The molecule has 0 aromatic carbocycles. The Labute approximate surface area is 75.1 Å². The molecule has 0 saturated carbocycles. The molecule has 0 N–H and O–H groups in total. The maximum Gasteiger partial charge on any atom is 0.178 e. The van der Waals surface area contributed by atoms with Crippen LogP contribution in [0.1, 0.15) is 26.0 Å². The Bertz CT molecular complexity index is 241. The van der Waals surface area contributed by atoms with Crippen LogP contribution in [0.4, 0.5) is 0 Å². The highest BCUT2D eigenvalue weighted by molar-refractivity contribution is 4.93. The van der Waals surface area contributed by atoms with Crippen molar-refractivity contribution in [3.63, 3.8) is 0 Å². The van der Waals surface area contributed by atoms with Crippen LogP contribution in [0.5, 0.6) is 0 Å². The van der Waals surface area contributed by atoms with Gasteiger partial charge in [0.15, 0.2) is 11.9 Å². The van der Waals surface area contributed by atoms with E-state index in [2.05, 4.69) is 49.7 Å². The fourth-order valence-corrected chi connectivity index (χ4v) is 1.21. The maximum absolute atomic E-state index is 2.31. The van der Waals surface area contributed by atoms with Crippen molar-refractivity contribution in [1.82, 2.24) is 0 Å². The van der Waals surface area contributed by atoms with Crippen LogP contribution in [0, 0.1) is 12.8 Å². The average molecular weight is 164 g/mol. The molecule has 1 nitrogen and oxygen atoms in total. The number of nitrogens with zero attached hydrogens (tertiary/aromatic N) is 1. The molecular weight excluding hydrogens is 146 g/mol. The lowest BCUT2D eigenvalue weighted by molar-refractivity contribution is -0.703. The van der Waals surface area contributed by atoms with Gasteiger partial charge in [-0.05, 0) is 5.92 Å². The zero-order chi connectivity index (χ0) is 8.97. The molecule has 0 fully saturated rings. The van der Waals surface area contributed by atoms with Crippen molar-refractivity contribution in [2.24, 2.45) is 5.92 Å². The van der Waals surface area contributed by atoms with Crippen LogP contribution in [0.3, 0.4) is 0 Å².